The molecule has 0 fully saturated rings. The number of benzene rings is 2. The molecule has 7 heteroatoms. The van der Waals surface area contributed by atoms with Gasteiger partial charge in [-0.05, 0) is 24.3 Å². The lowest BCUT2D eigenvalue weighted by Crippen LogP contribution is -2.01. The molecule has 26 heavy (non-hydrogen) atoms. The molecule has 0 radical (unpaired) electrons. The van der Waals surface area contributed by atoms with E-state index in [1.807, 2.05) is 41.1 Å². The fourth-order valence-corrected chi connectivity index (χ4v) is 2.65. The van der Waals surface area contributed by atoms with Crippen LogP contribution >= 0.6 is 0 Å². The van der Waals surface area contributed by atoms with Gasteiger partial charge in [0.25, 0.3) is 0 Å². The zero-order valence-corrected chi connectivity index (χ0v) is 13.8. The van der Waals surface area contributed by atoms with Crippen molar-refractivity contribution in [2.45, 2.75) is 6.61 Å². The van der Waals surface area contributed by atoms with Gasteiger partial charge in [-0.3, -0.25) is 14.7 Å². The molecule has 0 saturated carbocycles. The van der Waals surface area contributed by atoms with Crippen LogP contribution in [0.1, 0.15) is 5.69 Å². The molecule has 2 aromatic heterocycles. The van der Waals surface area contributed by atoms with Crippen molar-refractivity contribution in [2.75, 3.05) is 11.2 Å². The minimum absolute atomic E-state index is 0.211. The molecule has 0 bridgehead atoms. The van der Waals surface area contributed by atoms with Crippen LogP contribution < -0.4 is 11.2 Å². The Balaban J connectivity index is 1.50. The monoisotopic (exact) mass is 349 g/mol. The lowest BCUT2D eigenvalue weighted by molar-refractivity contribution is 0.177. The molecule has 2 heterocycles. The average molecular weight is 349 g/mol. The summed E-state index contributed by atoms with van der Waals surface area (Å²) in [5.74, 6) is 0.232. The third kappa shape index (κ3) is 3.33. The fraction of sp³-hybridized carbons (Fsp3) is 0.0526. The first-order valence-electron chi connectivity index (χ1n) is 8.01. The van der Waals surface area contributed by atoms with Crippen molar-refractivity contribution in [2.24, 2.45) is 0 Å². The summed E-state index contributed by atoms with van der Waals surface area (Å²) in [6.07, 6.45) is 5.49. The van der Waals surface area contributed by atoms with E-state index in [9.17, 15) is 4.39 Å². The minimum Gasteiger partial charge on any atom is -0.398 e. The second kappa shape index (κ2) is 6.81. The average Bonchev–Trinajstić information content (AvgIpc) is 3.04. The van der Waals surface area contributed by atoms with E-state index in [0.717, 1.165) is 11.1 Å². The Morgan fingerprint density at radius 2 is 2.00 bits per heavy atom. The summed E-state index contributed by atoms with van der Waals surface area (Å²) >= 11 is 0. The van der Waals surface area contributed by atoms with Gasteiger partial charge in [0.15, 0.2) is 0 Å². The van der Waals surface area contributed by atoms with Crippen LogP contribution in [-0.4, -0.2) is 14.4 Å². The summed E-state index contributed by atoms with van der Waals surface area (Å²) < 4.78 is 15.0. The lowest BCUT2D eigenvalue weighted by atomic mass is 10.1. The number of imidazole rings is 1. The van der Waals surface area contributed by atoms with Crippen molar-refractivity contribution in [1.82, 2.24) is 14.4 Å². The van der Waals surface area contributed by atoms with E-state index in [1.54, 1.807) is 18.3 Å². The maximum atomic E-state index is 13.1. The van der Waals surface area contributed by atoms with Crippen LogP contribution in [0.4, 0.5) is 15.8 Å². The number of fused-ring (bicyclic) bond motifs is 1. The first-order chi connectivity index (χ1) is 12.7. The molecule has 0 aliphatic rings. The molecule has 0 saturated heterocycles. The van der Waals surface area contributed by atoms with Gasteiger partial charge in [-0.25, -0.2) is 14.4 Å². The van der Waals surface area contributed by atoms with E-state index in [1.165, 1.54) is 12.1 Å². The second-order valence-electron chi connectivity index (χ2n) is 5.77. The van der Waals surface area contributed by atoms with Crippen molar-refractivity contribution in [3.05, 3.63) is 78.6 Å². The van der Waals surface area contributed by atoms with E-state index < -0.39 is 0 Å². The predicted octanol–water partition coefficient (Wildman–Crippen LogP) is 3.66. The minimum atomic E-state index is -0.330. The van der Waals surface area contributed by atoms with Gasteiger partial charge < -0.3 is 5.73 Å². The van der Waals surface area contributed by atoms with Crippen molar-refractivity contribution >= 4 is 17.2 Å². The second-order valence-corrected chi connectivity index (χ2v) is 5.77. The highest BCUT2D eigenvalue weighted by molar-refractivity contribution is 5.75. The zero-order valence-electron chi connectivity index (χ0n) is 13.8. The van der Waals surface area contributed by atoms with E-state index >= 15 is 0 Å². The smallest absolute Gasteiger partial charge is 0.234 e. The highest BCUT2D eigenvalue weighted by Crippen LogP contribution is 2.24. The molecular weight excluding hydrogens is 333 g/mol. The summed E-state index contributed by atoms with van der Waals surface area (Å²) in [6, 6.07) is 13.7. The molecule has 0 aliphatic heterocycles. The molecule has 0 amide bonds. The maximum absolute atomic E-state index is 13.1. The van der Waals surface area contributed by atoms with Crippen molar-refractivity contribution in [3.63, 3.8) is 0 Å². The molecule has 0 aliphatic carbocycles. The Hall–Kier alpha value is -3.45. The summed E-state index contributed by atoms with van der Waals surface area (Å²) in [5, 5.41) is 0. The molecule has 0 spiro atoms. The van der Waals surface area contributed by atoms with Gasteiger partial charge in [-0.1, -0.05) is 24.3 Å². The molecular formula is C19H16FN5O. The molecule has 0 atom stereocenters. The van der Waals surface area contributed by atoms with E-state index in [4.69, 9.17) is 10.6 Å². The van der Waals surface area contributed by atoms with Gasteiger partial charge in [0.1, 0.15) is 12.4 Å². The number of hydrogen-bond acceptors (Lipinski definition) is 5. The Morgan fingerprint density at radius 3 is 2.85 bits per heavy atom. The quantitative estimate of drug-likeness (QED) is 0.425. The van der Waals surface area contributed by atoms with E-state index in [-0.39, 0.29) is 12.4 Å². The van der Waals surface area contributed by atoms with Gasteiger partial charge in [-0.2, -0.15) is 0 Å². The molecule has 2 aromatic carbocycles. The first kappa shape index (κ1) is 16.0. The highest BCUT2D eigenvalue weighted by Gasteiger charge is 2.07. The van der Waals surface area contributed by atoms with E-state index in [2.05, 4.69) is 15.4 Å². The highest BCUT2D eigenvalue weighted by atomic mass is 19.1. The number of nitrogens with zero attached hydrogens (tertiary/aromatic N) is 3. The van der Waals surface area contributed by atoms with Crippen LogP contribution in [0.2, 0.25) is 0 Å². The third-order valence-electron chi connectivity index (χ3n) is 3.87. The standard InChI is InChI=1S/C19H16FN5O/c20-14-4-3-5-15(8-14)24-26-12-16-11-25-10-13(9-22-19(25)23-16)17-6-1-2-7-18(17)21/h1-11,24H,12,21H2. The number of para-hydroxylation sites is 1. The predicted molar refractivity (Wildman–Crippen MR) is 97.6 cm³/mol. The summed E-state index contributed by atoms with van der Waals surface area (Å²) in [6.45, 7) is 0.211. The van der Waals surface area contributed by atoms with Gasteiger partial charge >= 0.3 is 0 Å². The summed E-state index contributed by atoms with van der Waals surface area (Å²) in [5.41, 5.74) is 12.5. The Morgan fingerprint density at radius 1 is 1.12 bits per heavy atom. The molecule has 3 N–H and O–H groups in total. The van der Waals surface area contributed by atoms with Crippen LogP contribution in [0.25, 0.3) is 16.9 Å². The summed E-state index contributed by atoms with van der Waals surface area (Å²) in [7, 11) is 0. The molecule has 130 valence electrons. The van der Waals surface area contributed by atoms with Gasteiger partial charge in [-0.15, -0.1) is 0 Å². The van der Waals surface area contributed by atoms with Crippen LogP contribution in [0.3, 0.4) is 0 Å². The normalized spacial score (nSPS) is 11.0. The maximum Gasteiger partial charge on any atom is 0.234 e. The van der Waals surface area contributed by atoms with Crippen molar-refractivity contribution < 1.29 is 9.23 Å². The first-order valence-corrected chi connectivity index (χ1v) is 8.01. The fourth-order valence-electron chi connectivity index (χ4n) is 2.65. The SMILES string of the molecule is Nc1ccccc1-c1cnc2nc(CONc3cccc(F)c3)cn2c1. The number of hydrogen-bond donors (Lipinski definition) is 2. The Labute approximate surface area is 149 Å². The zero-order chi connectivity index (χ0) is 17.9. The van der Waals surface area contributed by atoms with Crippen LogP contribution in [0.15, 0.2) is 67.1 Å². The Bertz CT molecular complexity index is 1060. The van der Waals surface area contributed by atoms with Crippen molar-refractivity contribution in [3.8, 4) is 11.1 Å². The number of nitrogens with one attached hydrogen (secondary N) is 1. The number of nitrogens with two attached hydrogens (primary N) is 1. The van der Waals surface area contributed by atoms with Gasteiger partial charge in [0, 0.05) is 35.4 Å². The molecule has 6 nitrogen and oxygen atoms in total. The van der Waals surface area contributed by atoms with Gasteiger partial charge in [0.2, 0.25) is 5.78 Å². The van der Waals surface area contributed by atoms with Gasteiger partial charge in [0.05, 0.1) is 11.4 Å². The number of halogens is 1. The number of nitrogen functional groups attached to an aromatic ring is 1. The molecule has 4 rings (SSSR count). The Kier molecular flexibility index (Phi) is 4.20. The third-order valence-corrected chi connectivity index (χ3v) is 3.87. The number of rotatable bonds is 5. The summed E-state index contributed by atoms with van der Waals surface area (Å²) in [4.78, 5) is 14.2. The lowest BCUT2D eigenvalue weighted by Gasteiger charge is -2.05. The molecule has 4 aromatic rings. The van der Waals surface area contributed by atoms with Crippen LogP contribution in [-0.2, 0) is 11.4 Å². The number of aromatic nitrogens is 3. The van der Waals surface area contributed by atoms with Crippen LogP contribution in [0, 0.1) is 5.82 Å². The van der Waals surface area contributed by atoms with E-state index in [0.29, 0.717) is 22.8 Å². The largest absolute Gasteiger partial charge is 0.398 e. The topological polar surface area (TPSA) is 77.5 Å². The van der Waals surface area contributed by atoms with Crippen molar-refractivity contribution in [1.29, 1.82) is 0 Å². The molecule has 0 unspecified atom stereocenters. The van der Waals surface area contributed by atoms with Crippen LogP contribution in [0.5, 0.6) is 0 Å². The number of anilines is 2.